The topological polar surface area (TPSA) is 23.5 Å². The Morgan fingerprint density at radius 3 is 3.00 bits per heavy atom. The second-order valence-corrected chi connectivity index (χ2v) is 5.28. The first kappa shape index (κ1) is 12.6. The van der Waals surface area contributed by atoms with Gasteiger partial charge in [0.25, 0.3) is 0 Å². The van der Waals surface area contributed by atoms with Crippen LogP contribution in [0.2, 0.25) is 0 Å². The minimum atomic E-state index is -0.200. The van der Waals surface area contributed by atoms with Crippen molar-refractivity contribution in [3.05, 3.63) is 34.9 Å². The molecule has 0 saturated heterocycles. The Bertz CT molecular complexity index is 373. The molecule has 1 aliphatic heterocycles. The summed E-state index contributed by atoms with van der Waals surface area (Å²) in [5.41, 5.74) is 4.45. The molecule has 0 amide bonds. The summed E-state index contributed by atoms with van der Waals surface area (Å²) in [5.74, 6) is 0. The molecule has 0 saturated carbocycles. The van der Waals surface area contributed by atoms with Crippen LogP contribution >= 0.6 is 0 Å². The normalized spacial score (nSPS) is 18.5. The maximum absolute atomic E-state index is 9.41. The van der Waals surface area contributed by atoms with Crippen LogP contribution in [-0.2, 0) is 19.4 Å². The van der Waals surface area contributed by atoms with Gasteiger partial charge >= 0.3 is 0 Å². The number of fused-ring (bicyclic) bond motifs is 1. The molecule has 94 valence electrons. The van der Waals surface area contributed by atoms with Crippen molar-refractivity contribution in [2.45, 2.75) is 45.3 Å². The molecule has 1 aliphatic rings. The van der Waals surface area contributed by atoms with Crippen LogP contribution in [0.25, 0.3) is 0 Å². The molecule has 1 aromatic rings. The van der Waals surface area contributed by atoms with Crippen molar-refractivity contribution < 1.29 is 5.11 Å². The molecule has 17 heavy (non-hydrogen) atoms. The van der Waals surface area contributed by atoms with E-state index in [1.807, 2.05) is 6.92 Å². The van der Waals surface area contributed by atoms with Crippen LogP contribution < -0.4 is 0 Å². The van der Waals surface area contributed by atoms with Crippen molar-refractivity contribution in [2.75, 3.05) is 13.6 Å². The summed E-state index contributed by atoms with van der Waals surface area (Å²) >= 11 is 0. The van der Waals surface area contributed by atoms with E-state index < -0.39 is 0 Å². The lowest BCUT2D eigenvalue weighted by molar-refractivity contribution is 0.184. The highest BCUT2D eigenvalue weighted by atomic mass is 16.3. The third kappa shape index (κ3) is 3.30. The lowest BCUT2D eigenvalue weighted by Gasteiger charge is -2.17. The Morgan fingerprint density at radius 1 is 1.41 bits per heavy atom. The fraction of sp³-hybridized carbons (Fsp3) is 0.600. The van der Waals surface area contributed by atoms with Gasteiger partial charge in [-0.2, -0.15) is 0 Å². The van der Waals surface area contributed by atoms with E-state index in [9.17, 15) is 5.11 Å². The molecule has 2 rings (SSSR count). The predicted octanol–water partition coefficient (Wildman–Crippen LogP) is 2.38. The Balaban J connectivity index is 2.21. The number of hydrogen-bond acceptors (Lipinski definition) is 2. The van der Waals surface area contributed by atoms with Crippen LogP contribution in [0.1, 0.15) is 36.5 Å². The molecule has 0 aliphatic carbocycles. The Kier molecular flexibility index (Phi) is 4.19. The standard InChI is InChI=1S/C15H23NO/c1-12(17)8-9-14-6-3-5-13-7-4-10-16(2)11-15(13)14/h3,5-6,12,17H,4,7-11H2,1-2H3. The number of aryl methyl sites for hydroxylation is 2. The molecule has 0 fully saturated rings. The van der Waals surface area contributed by atoms with E-state index in [0.717, 1.165) is 19.4 Å². The van der Waals surface area contributed by atoms with Crippen LogP contribution in [0.4, 0.5) is 0 Å². The first-order valence-electron chi connectivity index (χ1n) is 6.63. The lowest BCUT2D eigenvalue weighted by atomic mass is 9.95. The lowest BCUT2D eigenvalue weighted by Crippen LogP contribution is -2.18. The first-order chi connectivity index (χ1) is 8.16. The highest BCUT2D eigenvalue weighted by molar-refractivity contribution is 5.36. The van der Waals surface area contributed by atoms with Gasteiger partial charge in [-0.25, -0.2) is 0 Å². The summed E-state index contributed by atoms with van der Waals surface area (Å²) in [4.78, 5) is 2.40. The molecule has 1 heterocycles. The summed E-state index contributed by atoms with van der Waals surface area (Å²) in [6, 6.07) is 6.66. The van der Waals surface area contributed by atoms with Gasteiger partial charge in [0.2, 0.25) is 0 Å². The van der Waals surface area contributed by atoms with E-state index in [1.54, 1.807) is 0 Å². The second kappa shape index (κ2) is 5.65. The fourth-order valence-electron chi connectivity index (χ4n) is 2.61. The largest absolute Gasteiger partial charge is 0.393 e. The molecule has 1 N–H and O–H groups in total. The molecular weight excluding hydrogens is 210 g/mol. The number of rotatable bonds is 3. The van der Waals surface area contributed by atoms with Gasteiger partial charge in [0, 0.05) is 6.54 Å². The highest BCUT2D eigenvalue weighted by Crippen LogP contribution is 2.23. The zero-order valence-electron chi connectivity index (χ0n) is 10.9. The zero-order valence-corrected chi connectivity index (χ0v) is 10.9. The zero-order chi connectivity index (χ0) is 12.3. The van der Waals surface area contributed by atoms with Gasteiger partial charge in [-0.1, -0.05) is 18.2 Å². The minimum absolute atomic E-state index is 0.200. The summed E-state index contributed by atoms with van der Waals surface area (Å²) in [7, 11) is 2.19. The van der Waals surface area contributed by atoms with Crippen LogP contribution in [0.15, 0.2) is 18.2 Å². The van der Waals surface area contributed by atoms with Crippen molar-refractivity contribution in [1.29, 1.82) is 0 Å². The van der Waals surface area contributed by atoms with Gasteiger partial charge in [0.15, 0.2) is 0 Å². The molecule has 2 heteroatoms. The average molecular weight is 233 g/mol. The summed E-state index contributed by atoms with van der Waals surface area (Å²) < 4.78 is 0. The van der Waals surface area contributed by atoms with Gasteiger partial charge < -0.3 is 10.0 Å². The van der Waals surface area contributed by atoms with Gasteiger partial charge in [0.05, 0.1) is 6.10 Å². The Hall–Kier alpha value is -0.860. The molecule has 1 unspecified atom stereocenters. The van der Waals surface area contributed by atoms with Crippen molar-refractivity contribution in [3.8, 4) is 0 Å². The van der Waals surface area contributed by atoms with Crippen LogP contribution in [-0.4, -0.2) is 29.7 Å². The van der Waals surface area contributed by atoms with E-state index >= 15 is 0 Å². The SMILES string of the molecule is CC(O)CCc1cccc2c1CN(C)CCC2. The van der Waals surface area contributed by atoms with Crippen molar-refractivity contribution in [1.82, 2.24) is 4.90 Å². The summed E-state index contributed by atoms with van der Waals surface area (Å²) in [5, 5.41) is 9.41. The van der Waals surface area contributed by atoms with E-state index in [0.29, 0.717) is 0 Å². The van der Waals surface area contributed by atoms with E-state index in [1.165, 1.54) is 36.1 Å². The fourth-order valence-corrected chi connectivity index (χ4v) is 2.61. The molecule has 1 aromatic carbocycles. The van der Waals surface area contributed by atoms with Gasteiger partial charge in [-0.15, -0.1) is 0 Å². The number of nitrogens with zero attached hydrogens (tertiary/aromatic N) is 1. The van der Waals surface area contributed by atoms with Gasteiger partial charge in [-0.05, 0) is 62.9 Å². The van der Waals surface area contributed by atoms with Crippen LogP contribution in [0.5, 0.6) is 0 Å². The molecule has 0 spiro atoms. The van der Waals surface area contributed by atoms with Crippen molar-refractivity contribution in [3.63, 3.8) is 0 Å². The van der Waals surface area contributed by atoms with E-state index in [4.69, 9.17) is 0 Å². The third-order valence-corrected chi connectivity index (χ3v) is 3.62. The second-order valence-electron chi connectivity index (χ2n) is 5.28. The predicted molar refractivity (Wildman–Crippen MR) is 71.1 cm³/mol. The molecular formula is C15H23NO. The third-order valence-electron chi connectivity index (χ3n) is 3.62. The van der Waals surface area contributed by atoms with E-state index in [2.05, 4.69) is 30.1 Å². The van der Waals surface area contributed by atoms with E-state index in [-0.39, 0.29) is 6.10 Å². The first-order valence-corrected chi connectivity index (χ1v) is 6.63. The molecule has 2 nitrogen and oxygen atoms in total. The summed E-state index contributed by atoms with van der Waals surface area (Å²) in [6.45, 7) is 4.11. The van der Waals surface area contributed by atoms with Crippen LogP contribution in [0, 0.1) is 0 Å². The summed E-state index contributed by atoms with van der Waals surface area (Å²) in [6.07, 6.45) is 4.11. The number of aliphatic hydroxyl groups is 1. The van der Waals surface area contributed by atoms with Crippen molar-refractivity contribution in [2.24, 2.45) is 0 Å². The minimum Gasteiger partial charge on any atom is -0.393 e. The monoisotopic (exact) mass is 233 g/mol. The number of hydrogen-bond donors (Lipinski definition) is 1. The molecule has 0 radical (unpaired) electrons. The van der Waals surface area contributed by atoms with Crippen molar-refractivity contribution >= 4 is 0 Å². The quantitative estimate of drug-likeness (QED) is 0.866. The molecule has 0 bridgehead atoms. The molecule has 0 aromatic heterocycles. The highest BCUT2D eigenvalue weighted by Gasteiger charge is 2.14. The van der Waals surface area contributed by atoms with Gasteiger partial charge in [0.1, 0.15) is 0 Å². The van der Waals surface area contributed by atoms with Gasteiger partial charge in [-0.3, -0.25) is 0 Å². The van der Waals surface area contributed by atoms with Crippen LogP contribution in [0.3, 0.4) is 0 Å². The smallest absolute Gasteiger partial charge is 0.0515 e. The maximum atomic E-state index is 9.41. The number of benzene rings is 1. The Labute approximate surface area is 104 Å². The molecule has 1 atom stereocenters. The average Bonchev–Trinajstić information content (AvgIpc) is 2.47. The number of aliphatic hydroxyl groups excluding tert-OH is 1. The maximum Gasteiger partial charge on any atom is 0.0515 e. The Morgan fingerprint density at radius 2 is 2.24 bits per heavy atom.